The molecule has 0 aromatic heterocycles. The summed E-state index contributed by atoms with van der Waals surface area (Å²) >= 11 is 0. The van der Waals surface area contributed by atoms with E-state index in [1.807, 2.05) is 18.2 Å². The van der Waals surface area contributed by atoms with Gasteiger partial charge in [-0.15, -0.1) is 0 Å². The Morgan fingerprint density at radius 2 is 1.65 bits per heavy atom. The zero-order valence-corrected chi connectivity index (χ0v) is 19.1. The van der Waals surface area contributed by atoms with E-state index in [1.165, 1.54) is 18.6 Å². The second-order valence-corrected chi connectivity index (χ2v) is 8.14. The quantitative estimate of drug-likeness (QED) is 0.366. The van der Waals surface area contributed by atoms with E-state index in [4.69, 9.17) is 25.2 Å². The zero-order valence-electron chi connectivity index (χ0n) is 19.1. The minimum absolute atomic E-state index is 0.254. The minimum Gasteiger partial charge on any atom is -0.479 e. The molecule has 2 aromatic rings. The van der Waals surface area contributed by atoms with Crippen molar-refractivity contribution < 1.29 is 39.1 Å². The summed E-state index contributed by atoms with van der Waals surface area (Å²) in [7, 11) is 0. The van der Waals surface area contributed by atoms with E-state index in [-0.39, 0.29) is 5.82 Å². The van der Waals surface area contributed by atoms with Crippen LogP contribution >= 0.6 is 0 Å². The van der Waals surface area contributed by atoms with Crippen molar-refractivity contribution in [1.82, 2.24) is 10.2 Å². The van der Waals surface area contributed by atoms with Crippen LogP contribution in [0.5, 0.6) is 11.5 Å². The Balaban J connectivity index is 0.000000347. The van der Waals surface area contributed by atoms with Crippen molar-refractivity contribution in [2.75, 3.05) is 13.1 Å². The van der Waals surface area contributed by atoms with Crippen molar-refractivity contribution in [2.24, 2.45) is 0 Å². The van der Waals surface area contributed by atoms with Gasteiger partial charge in [0, 0.05) is 30.7 Å². The summed E-state index contributed by atoms with van der Waals surface area (Å²) in [5.41, 5.74) is 1.16. The number of aliphatic hydroxyl groups is 2. The fraction of sp³-hybridized carbons (Fsp3) is 0.417. The number of hydrogen-bond donors (Lipinski definition) is 5. The molecule has 1 fully saturated rings. The molecule has 2 unspecified atom stereocenters. The number of aliphatic hydroxyl groups excluding tert-OH is 2. The summed E-state index contributed by atoms with van der Waals surface area (Å²) < 4.78 is 19.1. The number of rotatable bonds is 9. The monoisotopic (exact) mass is 478 g/mol. The lowest BCUT2D eigenvalue weighted by Crippen LogP contribution is -2.41. The normalized spacial score (nSPS) is 17.1. The van der Waals surface area contributed by atoms with Crippen LogP contribution in [0.1, 0.15) is 25.8 Å². The fourth-order valence-corrected chi connectivity index (χ4v) is 3.49. The van der Waals surface area contributed by atoms with Gasteiger partial charge in [-0.1, -0.05) is 18.2 Å². The Bertz CT molecular complexity index is 915. The molecule has 34 heavy (non-hydrogen) atoms. The SMILES string of the molecule is CC(C)N(Cc1ccccc1Oc1ccc(F)cc1)[C@H]1CCNC1.O=C(O)C(O)C(O)C(=O)O. The van der Waals surface area contributed by atoms with Crippen molar-refractivity contribution >= 4 is 11.9 Å². The van der Waals surface area contributed by atoms with Gasteiger partial charge in [0.2, 0.25) is 0 Å². The Hall–Kier alpha value is -3.05. The first-order chi connectivity index (χ1) is 16.1. The van der Waals surface area contributed by atoms with Gasteiger partial charge < -0.3 is 30.5 Å². The molecule has 0 spiro atoms. The Labute approximate surface area is 197 Å². The lowest BCUT2D eigenvalue weighted by molar-refractivity contribution is -0.165. The third-order valence-electron chi connectivity index (χ3n) is 5.34. The van der Waals surface area contributed by atoms with E-state index in [0.717, 1.165) is 30.9 Å². The second-order valence-electron chi connectivity index (χ2n) is 8.14. The Morgan fingerprint density at radius 1 is 1.06 bits per heavy atom. The van der Waals surface area contributed by atoms with E-state index in [9.17, 15) is 14.0 Å². The van der Waals surface area contributed by atoms with E-state index in [0.29, 0.717) is 17.8 Å². The summed E-state index contributed by atoms with van der Waals surface area (Å²) in [6.45, 7) is 7.45. The maximum atomic E-state index is 13.1. The molecule has 3 rings (SSSR count). The molecule has 1 saturated heterocycles. The van der Waals surface area contributed by atoms with Gasteiger partial charge in [0.15, 0.2) is 12.2 Å². The molecule has 10 heteroatoms. The number of hydrogen-bond acceptors (Lipinski definition) is 7. The number of aliphatic carboxylic acids is 2. The Morgan fingerprint density at radius 3 is 2.15 bits per heavy atom. The number of nitrogens with one attached hydrogen (secondary N) is 1. The van der Waals surface area contributed by atoms with Gasteiger partial charge in [-0.05, 0) is 57.1 Å². The number of nitrogens with zero attached hydrogens (tertiary/aromatic N) is 1. The van der Waals surface area contributed by atoms with Gasteiger partial charge in [0.1, 0.15) is 17.3 Å². The van der Waals surface area contributed by atoms with Crippen LogP contribution in [0.3, 0.4) is 0 Å². The van der Waals surface area contributed by atoms with Gasteiger partial charge in [0.25, 0.3) is 0 Å². The number of ether oxygens (including phenoxy) is 1. The van der Waals surface area contributed by atoms with Crippen LogP contribution in [-0.4, -0.2) is 74.6 Å². The van der Waals surface area contributed by atoms with E-state index in [1.54, 1.807) is 12.1 Å². The van der Waals surface area contributed by atoms with Crippen molar-refractivity contribution in [3.8, 4) is 11.5 Å². The third-order valence-corrected chi connectivity index (χ3v) is 5.34. The summed E-state index contributed by atoms with van der Waals surface area (Å²) in [6.07, 6.45) is -3.35. The molecule has 3 atom stereocenters. The van der Waals surface area contributed by atoms with Crippen LogP contribution in [0.15, 0.2) is 48.5 Å². The van der Waals surface area contributed by atoms with Gasteiger partial charge in [-0.25, -0.2) is 14.0 Å². The molecule has 5 N–H and O–H groups in total. The number of halogens is 1. The van der Waals surface area contributed by atoms with Gasteiger partial charge in [0.05, 0.1) is 0 Å². The molecule has 2 aromatic carbocycles. The maximum absolute atomic E-state index is 13.1. The van der Waals surface area contributed by atoms with Crippen LogP contribution < -0.4 is 10.1 Å². The highest BCUT2D eigenvalue weighted by molar-refractivity contribution is 5.83. The number of carboxylic acid groups (broad SMARTS) is 2. The number of para-hydroxylation sites is 1. The van der Waals surface area contributed by atoms with Gasteiger partial charge >= 0.3 is 11.9 Å². The second kappa shape index (κ2) is 13.0. The largest absolute Gasteiger partial charge is 0.479 e. The van der Waals surface area contributed by atoms with Gasteiger partial charge in [-0.3, -0.25) is 4.90 Å². The zero-order chi connectivity index (χ0) is 25.3. The van der Waals surface area contributed by atoms with Crippen molar-refractivity contribution in [1.29, 1.82) is 0 Å². The lowest BCUT2D eigenvalue weighted by Gasteiger charge is -2.32. The Kier molecular flexibility index (Phi) is 10.4. The van der Waals surface area contributed by atoms with Crippen LogP contribution in [-0.2, 0) is 16.1 Å². The van der Waals surface area contributed by atoms with E-state index >= 15 is 0 Å². The molecule has 0 bridgehead atoms. The highest BCUT2D eigenvalue weighted by Crippen LogP contribution is 2.28. The van der Waals surface area contributed by atoms with Crippen molar-refractivity contribution in [3.05, 3.63) is 59.9 Å². The molecule has 1 aliphatic rings. The summed E-state index contributed by atoms with van der Waals surface area (Å²) in [5, 5.41) is 36.0. The average Bonchev–Trinajstić information content (AvgIpc) is 3.33. The highest BCUT2D eigenvalue weighted by Gasteiger charge is 2.29. The topological polar surface area (TPSA) is 140 Å². The number of carbonyl (C=O) groups is 2. The first-order valence-electron chi connectivity index (χ1n) is 10.9. The summed E-state index contributed by atoms with van der Waals surface area (Å²) in [5.74, 6) is -2.30. The molecular formula is C24H31FN2O7. The smallest absolute Gasteiger partial charge is 0.335 e. The molecule has 0 radical (unpaired) electrons. The van der Waals surface area contributed by atoms with Crippen LogP contribution in [0.25, 0.3) is 0 Å². The molecule has 0 saturated carbocycles. The molecule has 1 aliphatic heterocycles. The van der Waals surface area contributed by atoms with Crippen LogP contribution in [0, 0.1) is 5.82 Å². The summed E-state index contributed by atoms with van der Waals surface area (Å²) in [4.78, 5) is 22.1. The highest BCUT2D eigenvalue weighted by atomic mass is 19.1. The maximum Gasteiger partial charge on any atom is 0.335 e. The standard InChI is InChI=1S/C20H25FN2O.C4H6O6/c1-15(2)23(18-11-12-22-13-18)14-16-5-3-4-6-20(16)24-19-9-7-17(21)8-10-19;5-1(3(7)8)2(6)4(9)10/h3-10,15,18,22H,11-14H2,1-2H3;1-2,5-6H,(H,7,8)(H,9,10)/t18-;/m0./s1. The predicted molar refractivity (Wildman–Crippen MR) is 122 cm³/mol. The van der Waals surface area contributed by atoms with Gasteiger partial charge in [-0.2, -0.15) is 0 Å². The number of carboxylic acids is 2. The molecule has 9 nitrogen and oxygen atoms in total. The average molecular weight is 479 g/mol. The third kappa shape index (κ3) is 8.07. The molecular weight excluding hydrogens is 447 g/mol. The minimum atomic E-state index is -2.27. The summed E-state index contributed by atoms with van der Waals surface area (Å²) in [6, 6.07) is 15.3. The first-order valence-corrected chi connectivity index (χ1v) is 10.9. The van der Waals surface area contributed by atoms with E-state index in [2.05, 4.69) is 30.1 Å². The molecule has 0 amide bonds. The molecule has 186 valence electrons. The fourth-order valence-electron chi connectivity index (χ4n) is 3.49. The molecule has 1 heterocycles. The first kappa shape index (κ1) is 27.2. The molecule has 0 aliphatic carbocycles. The van der Waals surface area contributed by atoms with Crippen molar-refractivity contribution in [3.63, 3.8) is 0 Å². The predicted octanol–water partition coefficient (Wildman–Crippen LogP) is 2.07. The van der Waals surface area contributed by atoms with E-state index < -0.39 is 24.1 Å². The lowest BCUT2D eigenvalue weighted by atomic mass is 10.1. The van der Waals surface area contributed by atoms with Crippen LogP contribution in [0.2, 0.25) is 0 Å². The number of benzene rings is 2. The van der Waals surface area contributed by atoms with Crippen LogP contribution in [0.4, 0.5) is 4.39 Å². The van der Waals surface area contributed by atoms with Crippen molar-refractivity contribution in [2.45, 2.75) is 51.1 Å².